The number of furan rings is 6. The first kappa shape index (κ1) is 75.2. The minimum atomic E-state index is 0.833. The lowest BCUT2D eigenvalue weighted by molar-refractivity contribution is 0.656. The van der Waals surface area contributed by atoms with Gasteiger partial charge in [-0.25, -0.2) is 0 Å². The summed E-state index contributed by atoms with van der Waals surface area (Å²) < 4.78 is 38.7. The van der Waals surface area contributed by atoms with Crippen molar-refractivity contribution in [3.05, 3.63) is 449 Å². The minimum Gasteiger partial charge on any atom is -0.456 e. The molecule has 0 amide bonds. The van der Waals surface area contributed by atoms with Crippen LogP contribution >= 0.6 is 0 Å². The van der Waals surface area contributed by atoms with E-state index in [2.05, 4.69) is 382 Å². The Morgan fingerprint density at radius 1 is 0.112 bits per heavy atom. The SMILES string of the molecule is c1ccc(-c2c3ccccc3c(-c3cccc4c3oc3ccc5oc6ccccc6c5c34)c3ccccc23)cc1.c1ccc(-c2ccc3c(-c4c5ccccc5c(-c5ccc6oc7ccc8oc9ccccc9c8c7c6c5)c5ccccc45)cccc3c2)cc1.c1ccc2c(-c3c4ccccc4c(-c4cccc5c4oc4cc6oc7ccccc7c6cc45)c4ccccc34)cccc2c1. The van der Waals surface area contributed by atoms with E-state index in [9.17, 15) is 0 Å². The Hall–Kier alpha value is -17.8. The molecule has 0 saturated carbocycles. The first-order valence-electron chi connectivity index (χ1n) is 45.7. The normalized spacial score (nSPS) is 12.0. The van der Waals surface area contributed by atoms with Crippen LogP contribution < -0.4 is 0 Å². The molecule has 0 bridgehead atoms. The summed E-state index contributed by atoms with van der Waals surface area (Å²) in [4.78, 5) is 0. The Morgan fingerprint density at radius 2 is 0.410 bits per heavy atom. The summed E-state index contributed by atoms with van der Waals surface area (Å²) in [5, 5.41) is 33.0. The van der Waals surface area contributed by atoms with Crippen LogP contribution in [0.2, 0.25) is 0 Å². The highest BCUT2D eigenvalue weighted by Gasteiger charge is 2.28. The van der Waals surface area contributed by atoms with Crippen molar-refractivity contribution < 1.29 is 26.5 Å². The molecule has 0 unspecified atom stereocenters. The summed E-state index contributed by atoms with van der Waals surface area (Å²) in [6.45, 7) is 0. The second-order valence-corrected chi connectivity index (χ2v) is 35.2. The third kappa shape index (κ3) is 11.5. The van der Waals surface area contributed by atoms with Crippen molar-refractivity contribution in [2.45, 2.75) is 0 Å². The maximum Gasteiger partial charge on any atom is 0.143 e. The van der Waals surface area contributed by atoms with Gasteiger partial charge in [0.15, 0.2) is 0 Å². The van der Waals surface area contributed by atoms with E-state index in [0.29, 0.717) is 0 Å². The van der Waals surface area contributed by atoms with Crippen LogP contribution in [0.5, 0.6) is 0 Å². The predicted molar refractivity (Wildman–Crippen MR) is 561 cm³/mol. The van der Waals surface area contributed by atoms with Crippen molar-refractivity contribution in [1.29, 1.82) is 0 Å². The van der Waals surface area contributed by atoms with Crippen molar-refractivity contribution >= 4 is 218 Å². The molecule has 0 aliphatic heterocycles. The van der Waals surface area contributed by atoms with Gasteiger partial charge in [0, 0.05) is 93.0 Å². The van der Waals surface area contributed by atoms with E-state index < -0.39 is 0 Å². The predicted octanol–water partition coefficient (Wildman–Crippen LogP) is 37.4. The van der Waals surface area contributed by atoms with E-state index in [-0.39, 0.29) is 0 Å². The Kier molecular flexibility index (Phi) is 16.8. The maximum atomic E-state index is 6.75. The molecule has 6 heterocycles. The van der Waals surface area contributed by atoms with E-state index >= 15 is 0 Å². The number of para-hydroxylation sites is 5. The summed E-state index contributed by atoms with van der Waals surface area (Å²) in [6, 6.07) is 160. The Bertz CT molecular complexity index is 10000. The molecular formula is C128H74O6. The van der Waals surface area contributed by atoms with E-state index in [1.165, 1.54) is 147 Å². The highest BCUT2D eigenvalue weighted by Crippen LogP contribution is 2.54. The average Bonchev–Trinajstić information content (AvgIpc) is 1.06. The third-order valence-corrected chi connectivity index (χ3v) is 28.0. The van der Waals surface area contributed by atoms with Crippen LogP contribution in [-0.2, 0) is 0 Å². The Morgan fingerprint density at radius 3 is 0.925 bits per heavy atom. The molecule has 6 heteroatoms. The van der Waals surface area contributed by atoms with Crippen LogP contribution in [-0.4, -0.2) is 0 Å². The van der Waals surface area contributed by atoms with Crippen molar-refractivity contribution in [3.63, 3.8) is 0 Å². The summed E-state index contributed by atoms with van der Waals surface area (Å²) in [7, 11) is 0. The largest absolute Gasteiger partial charge is 0.456 e. The van der Waals surface area contributed by atoms with Gasteiger partial charge in [-0.1, -0.05) is 376 Å². The third-order valence-electron chi connectivity index (χ3n) is 28.0. The Labute approximate surface area is 765 Å². The number of fused-ring (bicyclic) bond motifs is 28. The lowest BCUT2D eigenvalue weighted by Crippen LogP contribution is -1.91. The molecule has 6 nitrogen and oxygen atoms in total. The molecule has 0 fully saturated rings. The fourth-order valence-electron chi connectivity index (χ4n) is 22.3. The van der Waals surface area contributed by atoms with Crippen LogP contribution in [0.4, 0.5) is 0 Å². The zero-order valence-electron chi connectivity index (χ0n) is 72.2. The van der Waals surface area contributed by atoms with Crippen LogP contribution in [0, 0.1) is 0 Å². The van der Waals surface area contributed by atoms with E-state index in [1.54, 1.807) is 0 Å². The number of hydrogen-bond acceptors (Lipinski definition) is 6. The quantitative estimate of drug-likeness (QED) is 0.148. The number of benzene rings is 24. The standard InChI is InChI=1S/C48H28O2.C42H24O2.C38H22O2/c1-2-11-29(12-3-1)30-21-23-33-31(27-30)13-10-19-34(33)46-37-16-6-4-14-35(37)45(36-15-5-7-17-38(36)46)32-22-24-42-40(28-32)48-44(50-42)26-25-43-47(48)39-18-8-9-20-41(39)49-43;1-2-13-26-25(11-1)12-9-19-28(26)40-29-15-3-5-17-31(29)41(32-18-6-4-16-30(32)40)34-21-10-20-33-36-23-35-27-14-7-8-22-37(27)43-38(35)24-39(36)44-42(33)34;1-2-11-23(12-3-1)34-24-13-4-6-15-26(24)35(27-16-7-5-14-25(27)34)29-18-10-19-30-37-33(40-38(29)30)22-21-32-36(37)28-17-8-9-20-31(28)39-32/h1-28H;1-24H;1-22H. The van der Waals surface area contributed by atoms with Crippen LogP contribution in [0.1, 0.15) is 0 Å². The highest BCUT2D eigenvalue weighted by molar-refractivity contribution is 6.33. The van der Waals surface area contributed by atoms with Gasteiger partial charge in [-0.15, -0.1) is 0 Å². The molecule has 0 spiro atoms. The first-order chi connectivity index (χ1) is 66.5. The average molecular weight is 1710 g/mol. The number of rotatable bonds is 7. The molecule has 0 N–H and O–H groups in total. The highest BCUT2D eigenvalue weighted by atomic mass is 16.4. The van der Waals surface area contributed by atoms with Gasteiger partial charge >= 0.3 is 0 Å². The first-order valence-corrected chi connectivity index (χ1v) is 45.7. The van der Waals surface area contributed by atoms with Gasteiger partial charge in [-0.2, -0.15) is 0 Å². The monoisotopic (exact) mass is 1710 g/mol. The molecule has 24 aromatic carbocycles. The fraction of sp³-hybridized carbons (Fsp3) is 0. The van der Waals surface area contributed by atoms with Crippen LogP contribution in [0.15, 0.2) is 475 Å². The molecule has 6 aromatic heterocycles. The van der Waals surface area contributed by atoms with E-state index in [1.807, 2.05) is 66.7 Å². The van der Waals surface area contributed by atoms with Gasteiger partial charge in [-0.05, 0) is 209 Å². The molecule has 0 aliphatic carbocycles. The lowest BCUT2D eigenvalue weighted by atomic mass is 9.84. The van der Waals surface area contributed by atoms with E-state index in [0.717, 1.165) is 148 Å². The summed E-state index contributed by atoms with van der Waals surface area (Å²) in [6.07, 6.45) is 0. The van der Waals surface area contributed by atoms with Crippen molar-refractivity contribution in [2.75, 3.05) is 0 Å². The summed E-state index contributed by atoms with van der Waals surface area (Å²) in [5.74, 6) is 0. The van der Waals surface area contributed by atoms with Gasteiger partial charge in [-0.3, -0.25) is 0 Å². The minimum absolute atomic E-state index is 0.833. The smallest absolute Gasteiger partial charge is 0.143 e. The topological polar surface area (TPSA) is 78.8 Å². The van der Waals surface area contributed by atoms with Crippen LogP contribution in [0.25, 0.3) is 296 Å². The van der Waals surface area contributed by atoms with Gasteiger partial charge in [0.05, 0.1) is 0 Å². The summed E-state index contributed by atoms with van der Waals surface area (Å²) in [5.41, 5.74) is 27.4. The second-order valence-electron chi connectivity index (χ2n) is 35.2. The van der Waals surface area contributed by atoms with E-state index in [4.69, 9.17) is 26.5 Å². The van der Waals surface area contributed by atoms with Crippen molar-refractivity contribution in [2.24, 2.45) is 0 Å². The number of hydrogen-bond donors (Lipinski definition) is 0. The van der Waals surface area contributed by atoms with Gasteiger partial charge in [0.1, 0.15) is 67.0 Å². The molecule has 30 aromatic rings. The molecule has 622 valence electrons. The lowest BCUT2D eigenvalue weighted by Gasteiger charge is -2.19. The molecule has 0 radical (unpaired) electrons. The zero-order valence-corrected chi connectivity index (χ0v) is 72.2. The van der Waals surface area contributed by atoms with Crippen molar-refractivity contribution in [1.82, 2.24) is 0 Å². The molecule has 0 atom stereocenters. The zero-order chi connectivity index (χ0) is 87.7. The second kappa shape index (κ2) is 29.9. The van der Waals surface area contributed by atoms with Gasteiger partial charge < -0.3 is 26.5 Å². The maximum absolute atomic E-state index is 6.75. The Balaban J connectivity index is 0.000000101. The molecule has 0 aliphatic rings. The molecule has 30 rings (SSSR count). The molecule has 134 heavy (non-hydrogen) atoms. The fourth-order valence-corrected chi connectivity index (χ4v) is 22.3. The summed E-state index contributed by atoms with van der Waals surface area (Å²) >= 11 is 0. The van der Waals surface area contributed by atoms with Crippen molar-refractivity contribution in [3.8, 4) is 77.9 Å². The molecule has 0 saturated heterocycles. The molecular weight excluding hydrogens is 1630 g/mol. The van der Waals surface area contributed by atoms with Crippen LogP contribution in [0.3, 0.4) is 0 Å². The van der Waals surface area contributed by atoms with Gasteiger partial charge in [0.2, 0.25) is 0 Å². The van der Waals surface area contributed by atoms with Gasteiger partial charge in [0.25, 0.3) is 0 Å².